The van der Waals surface area contributed by atoms with Crippen molar-refractivity contribution in [2.24, 2.45) is 0 Å². The first-order chi connectivity index (χ1) is 11.1. The number of hydrogen-bond donors (Lipinski definition) is 2. The Morgan fingerprint density at radius 2 is 2.13 bits per heavy atom. The van der Waals surface area contributed by atoms with E-state index in [-0.39, 0.29) is 25.5 Å². The number of carbonyl (C=O) groups is 3. The van der Waals surface area contributed by atoms with E-state index in [1.54, 1.807) is 24.3 Å². The van der Waals surface area contributed by atoms with Crippen molar-refractivity contribution in [1.82, 2.24) is 5.32 Å². The minimum atomic E-state index is -0.768. The summed E-state index contributed by atoms with van der Waals surface area (Å²) in [5, 5.41) is 9.95. The van der Waals surface area contributed by atoms with Crippen molar-refractivity contribution in [3.63, 3.8) is 0 Å². The molecule has 1 aromatic carbocycles. The van der Waals surface area contributed by atoms with E-state index >= 15 is 0 Å². The molecule has 0 spiro atoms. The predicted molar refractivity (Wildman–Crippen MR) is 86.6 cm³/mol. The summed E-state index contributed by atoms with van der Waals surface area (Å²) in [6.45, 7) is 2.17. The highest BCUT2D eigenvalue weighted by atomic mass is 32.2. The van der Waals surface area contributed by atoms with Gasteiger partial charge in [0.1, 0.15) is 11.0 Å². The number of aliphatic hydroxyl groups excluding tert-OH is 1. The zero-order valence-electron chi connectivity index (χ0n) is 12.7. The van der Waals surface area contributed by atoms with E-state index in [0.29, 0.717) is 18.0 Å². The Labute approximate surface area is 138 Å². The van der Waals surface area contributed by atoms with E-state index in [1.807, 2.05) is 6.92 Å². The van der Waals surface area contributed by atoms with Crippen LogP contribution in [-0.4, -0.2) is 47.2 Å². The number of nitrogens with one attached hydrogen (secondary N) is 1. The van der Waals surface area contributed by atoms with Crippen LogP contribution in [-0.2, 0) is 9.59 Å². The predicted octanol–water partition coefficient (Wildman–Crippen LogP) is 1.15. The quantitative estimate of drug-likeness (QED) is 0.774. The molecule has 1 aliphatic heterocycles. The van der Waals surface area contributed by atoms with Crippen molar-refractivity contribution in [1.29, 1.82) is 0 Å². The van der Waals surface area contributed by atoms with Crippen LogP contribution in [0.1, 0.15) is 13.3 Å². The highest BCUT2D eigenvalue weighted by molar-refractivity contribution is 8.15. The fraction of sp³-hybridized carbons (Fsp3) is 0.400. The van der Waals surface area contributed by atoms with Gasteiger partial charge in [0.25, 0.3) is 5.24 Å². The smallest absolute Gasteiger partial charge is 0.293 e. The molecule has 3 amide bonds. The maximum atomic E-state index is 12.5. The number of anilines is 1. The molecule has 1 fully saturated rings. The van der Waals surface area contributed by atoms with Gasteiger partial charge in [0.05, 0.1) is 18.9 Å². The first-order valence-electron chi connectivity index (χ1n) is 7.22. The minimum absolute atomic E-state index is 0.109. The van der Waals surface area contributed by atoms with Crippen LogP contribution >= 0.6 is 11.8 Å². The van der Waals surface area contributed by atoms with Gasteiger partial charge >= 0.3 is 0 Å². The molecule has 1 aromatic rings. The van der Waals surface area contributed by atoms with Crippen LogP contribution in [0.5, 0.6) is 5.75 Å². The van der Waals surface area contributed by atoms with Crippen LogP contribution in [0.25, 0.3) is 0 Å². The lowest BCUT2D eigenvalue weighted by atomic mass is 10.2. The van der Waals surface area contributed by atoms with Crippen LogP contribution in [0.15, 0.2) is 24.3 Å². The number of ether oxygens (including phenoxy) is 1. The van der Waals surface area contributed by atoms with Crippen molar-refractivity contribution in [3.05, 3.63) is 24.3 Å². The van der Waals surface area contributed by atoms with E-state index in [0.717, 1.165) is 16.7 Å². The van der Waals surface area contributed by atoms with Gasteiger partial charge in [0, 0.05) is 13.0 Å². The highest BCUT2D eigenvalue weighted by Crippen LogP contribution is 2.37. The number of nitrogens with zero attached hydrogens (tertiary/aromatic N) is 1. The number of amides is 3. The van der Waals surface area contributed by atoms with Gasteiger partial charge in [0.2, 0.25) is 11.8 Å². The molecule has 7 nitrogen and oxygen atoms in total. The van der Waals surface area contributed by atoms with Crippen molar-refractivity contribution in [3.8, 4) is 5.75 Å². The third-order valence-electron chi connectivity index (χ3n) is 3.13. The van der Waals surface area contributed by atoms with Gasteiger partial charge in [-0.2, -0.15) is 0 Å². The van der Waals surface area contributed by atoms with E-state index in [1.165, 1.54) is 0 Å². The molecule has 1 aliphatic rings. The van der Waals surface area contributed by atoms with Crippen molar-refractivity contribution < 1.29 is 24.2 Å². The summed E-state index contributed by atoms with van der Waals surface area (Å²) >= 11 is 0.824. The second-order valence-electron chi connectivity index (χ2n) is 4.72. The Morgan fingerprint density at radius 3 is 2.83 bits per heavy atom. The molecule has 1 atom stereocenters. The molecule has 1 heterocycles. The molecule has 2 N–H and O–H groups in total. The molecule has 1 saturated heterocycles. The zero-order chi connectivity index (χ0) is 16.8. The van der Waals surface area contributed by atoms with E-state index in [2.05, 4.69) is 5.32 Å². The topological polar surface area (TPSA) is 95.9 Å². The van der Waals surface area contributed by atoms with Crippen LogP contribution in [0.2, 0.25) is 0 Å². The molecule has 0 aromatic heterocycles. The molecule has 0 radical (unpaired) electrons. The number of aliphatic hydroxyl groups is 1. The van der Waals surface area contributed by atoms with Crippen molar-refractivity contribution in [2.45, 2.75) is 18.6 Å². The third kappa shape index (κ3) is 4.02. The lowest BCUT2D eigenvalue weighted by molar-refractivity contribution is -0.124. The standard InChI is InChI=1S/C15H18N2O5S/c1-2-22-11-6-4-3-5-10(11)17-14(20)12(23-15(17)21)9-13(19)16-7-8-18/h3-6,12,18H,2,7-9H2,1H3,(H,16,19). The van der Waals surface area contributed by atoms with Crippen LogP contribution in [0, 0.1) is 0 Å². The summed E-state index contributed by atoms with van der Waals surface area (Å²) in [6.07, 6.45) is -0.109. The fourth-order valence-corrected chi connectivity index (χ4v) is 3.14. The summed E-state index contributed by atoms with van der Waals surface area (Å²) in [7, 11) is 0. The number of rotatable bonds is 7. The number of imide groups is 1. The van der Waals surface area contributed by atoms with Gasteiger partial charge in [-0.25, -0.2) is 4.90 Å². The van der Waals surface area contributed by atoms with Crippen LogP contribution in [0.4, 0.5) is 10.5 Å². The average Bonchev–Trinajstić information content (AvgIpc) is 2.80. The van der Waals surface area contributed by atoms with Crippen molar-refractivity contribution >= 4 is 34.5 Å². The molecule has 1 unspecified atom stereocenters. The summed E-state index contributed by atoms with van der Waals surface area (Å²) < 4.78 is 5.45. The Kier molecular flexibility index (Phi) is 6.00. The lowest BCUT2D eigenvalue weighted by Crippen LogP contribution is -2.35. The SMILES string of the molecule is CCOc1ccccc1N1C(=O)SC(CC(=O)NCCO)C1=O. The van der Waals surface area contributed by atoms with Crippen LogP contribution < -0.4 is 15.0 Å². The summed E-state index contributed by atoms with van der Waals surface area (Å²) in [5.74, 6) is -0.369. The third-order valence-corrected chi connectivity index (χ3v) is 4.17. The highest BCUT2D eigenvalue weighted by Gasteiger charge is 2.42. The molecule has 0 bridgehead atoms. The van der Waals surface area contributed by atoms with Crippen molar-refractivity contribution in [2.75, 3.05) is 24.7 Å². The summed E-state index contributed by atoms with van der Waals surface area (Å²) in [5.41, 5.74) is 0.384. The number of carbonyl (C=O) groups excluding carboxylic acids is 3. The first kappa shape index (κ1) is 17.3. The average molecular weight is 338 g/mol. The minimum Gasteiger partial charge on any atom is -0.492 e. The van der Waals surface area contributed by atoms with E-state index < -0.39 is 16.4 Å². The molecule has 0 aliphatic carbocycles. The zero-order valence-corrected chi connectivity index (χ0v) is 13.5. The van der Waals surface area contributed by atoms with Gasteiger partial charge in [-0.05, 0) is 30.8 Å². The number of para-hydroxylation sites is 2. The van der Waals surface area contributed by atoms with Gasteiger partial charge in [-0.15, -0.1) is 0 Å². The van der Waals surface area contributed by atoms with Gasteiger partial charge in [0.15, 0.2) is 0 Å². The first-order valence-corrected chi connectivity index (χ1v) is 8.10. The summed E-state index contributed by atoms with van der Waals surface area (Å²) in [4.78, 5) is 37.4. The van der Waals surface area contributed by atoms with Crippen LogP contribution in [0.3, 0.4) is 0 Å². The maximum absolute atomic E-state index is 12.5. The number of benzene rings is 1. The van der Waals surface area contributed by atoms with E-state index in [4.69, 9.17) is 9.84 Å². The molecular formula is C15H18N2O5S. The Hall–Kier alpha value is -2.06. The lowest BCUT2D eigenvalue weighted by Gasteiger charge is -2.17. The summed E-state index contributed by atoms with van der Waals surface area (Å²) in [6, 6.07) is 6.79. The maximum Gasteiger partial charge on any atom is 0.293 e. The fourth-order valence-electron chi connectivity index (χ4n) is 2.16. The monoisotopic (exact) mass is 338 g/mol. The van der Waals surface area contributed by atoms with E-state index in [9.17, 15) is 14.4 Å². The second kappa shape index (κ2) is 7.98. The normalized spacial score (nSPS) is 17.5. The van der Waals surface area contributed by atoms with Gasteiger partial charge < -0.3 is 15.2 Å². The Morgan fingerprint density at radius 1 is 1.39 bits per heavy atom. The molecular weight excluding hydrogens is 320 g/mol. The molecule has 2 rings (SSSR count). The molecule has 0 saturated carbocycles. The molecule has 23 heavy (non-hydrogen) atoms. The largest absolute Gasteiger partial charge is 0.492 e. The number of hydrogen-bond acceptors (Lipinski definition) is 6. The Bertz CT molecular complexity index is 607. The van der Waals surface area contributed by atoms with Gasteiger partial charge in [-0.3, -0.25) is 14.4 Å². The molecule has 8 heteroatoms. The number of thioether (sulfide) groups is 1. The Balaban J connectivity index is 2.14. The molecule has 124 valence electrons. The van der Waals surface area contributed by atoms with Gasteiger partial charge in [-0.1, -0.05) is 12.1 Å². The second-order valence-corrected chi connectivity index (χ2v) is 5.88.